The predicted molar refractivity (Wildman–Crippen MR) is 306 cm³/mol. The third kappa shape index (κ3) is 27.7. The maximum Gasteiger partial charge on any atom is 0.310 e. The van der Waals surface area contributed by atoms with Crippen molar-refractivity contribution in [3.63, 3.8) is 0 Å². The van der Waals surface area contributed by atoms with Gasteiger partial charge in [0.25, 0.3) is 0 Å². The topological polar surface area (TPSA) is 0 Å². The highest BCUT2D eigenvalue weighted by Gasteiger charge is 2.62. The second kappa shape index (κ2) is 32.8. The maximum atomic E-state index is 13.0. The number of hydrogen-bond donors (Lipinski definition) is 0. The first kappa shape index (κ1) is 66.5. The SMILES string of the molecule is CC(C)C1(F)CCC1.CC(C)C1CCC1.CC(C)CC1CC(F)(F)C(F)(F)C1.CC(C)Cc1ccc(C(C)(C)C)cc1.CC(C)Cc1ccccc1.CC(C)c1ccccc1.Cc1ccc(CC(C)C)cc1. The number of halogens is 5. The van der Waals surface area contributed by atoms with Crippen molar-refractivity contribution in [3.8, 4) is 0 Å². The Morgan fingerprint density at radius 3 is 1.12 bits per heavy atom. The Labute approximate surface area is 440 Å². The highest BCUT2D eigenvalue weighted by molar-refractivity contribution is 5.28. The molecule has 0 nitrogen and oxygen atoms in total. The lowest BCUT2D eigenvalue weighted by Crippen LogP contribution is -2.37. The number of rotatable bonds is 11. The van der Waals surface area contributed by atoms with E-state index in [0.717, 1.165) is 48.9 Å². The van der Waals surface area contributed by atoms with Crippen LogP contribution >= 0.6 is 0 Å². The van der Waals surface area contributed by atoms with Crippen molar-refractivity contribution in [3.05, 3.63) is 143 Å². The molecule has 0 bridgehead atoms. The van der Waals surface area contributed by atoms with E-state index >= 15 is 0 Å². The van der Waals surface area contributed by atoms with Crippen LogP contribution in [0.2, 0.25) is 0 Å². The van der Waals surface area contributed by atoms with Crippen molar-refractivity contribution >= 4 is 0 Å². The molecular formula is C67H105F5. The summed E-state index contributed by atoms with van der Waals surface area (Å²) in [6.45, 7) is 39.1. The molecular weight excluding hydrogens is 900 g/mol. The summed E-state index contributed by atoms with van der Waals surface area (Å²) in [4.78, 5) is 0. The van der Waals surface area contributed by atoms with Crippen molar-refractivity contribution in [2.45, 2.75) is 231 Å². The molecule has 0 spiro atoms. The van der Waals surface area contributed by atoms with E-state index in [-0.39, 0.29) is 17.3 Å². The summed E-state index contributed by atoms with van der Waals surface area (Å²) in [5, 5.41) is 0. The van der Waals surface area contributed by atoms with Crippen LogP contribution in [0.4, 0.5) is 22.0 Å². The average molecular weight is 1010 g/mol. The standard InChI is InChI=1S/C14H22.C11H16.C10H14.C9H14F4.C9H12.C7H13F.C7H14/c1-11(2)10-12-6-8-13(9-7-12)14(3,4)5;1-9(2)8-11-6-4-10(3)5-7-11;1-9(2)8-10-6-4-3-5-7-10;1-6(2)3-7-4-8(10,11)9(12,13)5-7;1-8(2)9-6-4-3-5-7-9;1-6(2)7(8)4-3-5-7;1-6(2)7-4-3-5-7/h6-9,11H,10H2,1-5H3;4-7,9H,8H2,1-3H3;3-7,9H,8H2,1-2H3;6-7H,3-5H2,1-2H3;3-8H,1-2H3;6H,3-5H2,1-2H3;6-7H,3-5H2,1-2H3. The molecule has 4 aromatic carbocycles. The van der Waals surface area contributed by atoms with Crippen LogP contribution in [0.5, 0.6) is 0 Å². The molecule has 0 aromatic heterocycles. The van der Waals surface area contributed by atoms with Gasteiger partial charge in [-0.3, -0.25) is 0 Å². The minimum atomic E-state index is -3.79. The van der Waals surface area contributed by atoms with E-state index in [9.17, 15) is 22.0 Å². The van der Waals surface area contributed by atoms with Crippen LogP contribution in [-0.4, -0.2) is 17.5 Å². The van der Waals surface area contributed by atoms with Gasteiger partial charge < -0.3 is 0 Å². The molecule has 72 heavy (non-hydrogen) atoms. The van der Waals surface area contributed by atoms with E-state index in [1.165, 1.54) is 71.9 Å². The van der Waals surface area contributed by atoms with Gasteiger partial charge in [0.15, 0.2) is 0 Å². The monoisotopic (exact) mass is 1000 g/mol. The second-order valence-electron chi connectivity index (χ2n) is 25.1. The molecule has 0 aliphatic heterocycles. The van der Waals surface area contributed by atoms with Gasteiger partial charge in [-0.25, -0.2) is 4.39 Å². The zero-order chi connectivity index (χ0) is 54.9. The third-order valence-electron chi connectivity index (χ3n) is 13.9. The summed E-state index contributed by atoms with van der Waals surface area (Å²) in [5.74, 6) is -2.69. The van der Waals surface area contributed by atoms with Gasteiger partial charge in [-0.1, -0.05) is 252 Å². The number of alkyl halides is 5. The molecule has 0 saturated heterocycles. The first-order valence-electron chi connectivity index (χ1n) is 28.1. The fraction of sp³-hybridized carbons (Fsp3) is 0.642. The molecule has 4 aromatic rings. The lowest BCUT2D eigenvalue weighted by atomic mass is 9.74. The molecule has 408 valence electrons. The Morgan fingerprint density at radius 1 is 0.486 bits per heavy atom. The Kier molecular flexibility index (Phi) is 30.3. The maximum absolute atomic E-state index is 13.0. The van der Waals surface area contributed by atoms with Crippen LogP contribution in [0.25, 0.3) is 0 Å². The molecule has 7 rings (SSSR count). The van der Waals surface area contributed by atoms with Gasteiger partial charge in [-0.2, -0.15) is 17.6 Å². The average Bonchev–Trinajstić information content (AvgIpc) is 3.45. The number of aryl methyl sites for hydroxylation is 1. The molecule has 0 radical (unpaired) electrons. The summed E-state index contributed by atoms with van der Waals surface area (Å²) in [6.07, 6.45) is 9.90. The molecule has 3 aliphatic rings. The van der Waals surface area contributed by atoms with Crippen LogP contribution < -0.4 is 0 Å². The van der Waals surface area contributed by atoms with E-state index in [4.69, 9.17) is 0 Å². The Bertz CT molecular complexity index is 1910. The van der Waals surface area contributed by atoms with Crippen molar-refractivity contribution < 1.29 is 22.0 Å². The van der Waals surface area contributed by atoms with E-state index in [2.05, 4.69) is 200 Å². The molecule has 3 fully saturated rings. The number of hydrogen-bond acceptors (Lipinski definition) is 0. The summed E-state index contributed by atoms with van der Waals surface area (Å²) in [6, 6.07) is 39.0. The van der Waals surface area contributed by atoms with Crippen LogP contribution in [0.15, 0.2) is 109 Å². The van der Waals surface area contributed by atoms with Gasteiger partial charge in [0.2, 0.25) is 0 Å². The zero-order valence-electron chi connectivity index (χ0n) is 49.0. The molecule has 0 N–H and O–H groups in total. The first-order valence-corrected chi connectivity index (χ1v) is 28.1. The summed E-state index contributed by atoms with van der Waals surface area (Å²) >= 11 is 0. The number of benzene rings is 4. The van der Waals surface area contributed by atoms with Crippen LogP contribution in [-0.2, 0) is 24.7 Å². The molecule has 0 heterocycles. The highest BCUT2D eigenvalue weighted by Crippen LogP contribution is 2.52. The van der Waals surface area contributed by atoms with Crippen molar-refractivity contribution in [2.75, 3.05) is 0 Å². The van der Waals surface area contributed by atoms with Crippen molar-refractivity contribution in [1.82, 2.24) is 0 Å². The quantitative estimate of drug-likeness (QED) is 0.131. The van der Waals surface area contributed by atoms with Crippen LogP contribution in [0.1, 0.15) is 215 Å². The smallest absolute Gasteiger partial charge is 0.244 e. The molecule has 0 unspecified atom stereocenters. The molecule has 0 atom stereocenters. The second-order valence-corrected chi connectivity index (χ2v) is 25.1. The van der Waals surface area contributed by atoms with Crippen LogP contribution in [0.3, 0.4) is 0 Å². The Balaban J connectivity index is 0.000000424. The first-order chi connectivity index (χ1) is 33.4. The van der Waals surface area contributed by atoms with E-state index in [1.54, 1.807) is 0 Å². The Hall–Kier alpha value is -3.47. The predicted octanol–water partition coefficient (Wildman–Crippen LogP) is 21.8. The van der Waals surface area contributed by atoms with E-state index in [0.29, 0.717) is 12.3 Å². The third-order valence-corrected chi connectivity index (χ3v) is 13.9. The van der Waals surface area contributed by atoms with Crippen molar-refractivity contribution in [2.24, 2.45) is 47.3 Å². The summed E-state index contributed by atoms with van der Waals surface area (Å²) in [7, 11) is 0. The van der Waals surface area contributed by atoms with Gasteiger partial charge in [-0.05, 0) is 138 Å². The van der Waals surface area contributed by atoms with E-state index < -0.39 is 36.3 Å². The Morgan fingerprint density at radius 2 is 0.875 bits per heavy atom. The fourth-order valence-corrected chi connectivity index (χ4v) is 8.86. The molecule has 0 amide bonds. The molecule has 3 aliphatic carbocycles. The van der Waals surface area contributed by atoms with E-state index in [1.807, 2.05) is 33.8 Å². The minimum absolute atomic E-state index is 0.203. The van der Waals surface area contributed by atoms with Gasteiger partial charge in [0, 0.05) is 12.8 Å². The van der Waals surface area contributed by atoms with Crippen molar-refractivity contribution in [1.29, 1.82) is 0 Å². The normalized spacial score (nSPS) is 16.6. The van der Waals surface area contributed by atoms with Gasteiger partial charge >= 0.3 is 11.8 Å². The van der Waals surface area contributed by atoms with Gasteiger partial charge in [0.1, 0.15) is 5.67 Å². The van der Waals surface area contributed by atoms with Gasteiger partial charge in [-0.15, -0.1) is 0 Å². The summed E-state index contributed by atoms with van der Waals surface area (Å²) in [5.41, 5.74) is 8.02. The zero-order valence-corrected chi connectivity index (χ0v) is 49.0. The summed E-state index contributed by atoms with van der Waals surface area (Å²) < 4.78 is 63.7. The minimum Gasteiger partial charge on any atom is -0.244 e. The lowest BCUT2D eigenvalue weighted by Gasteiger charge is -2.37. The molecule has 3 saturated carbocycles. The highest BCUT2D eigenvalue weighted by atomic mass is 19.3. The largest absolute Gasteiger partial charge is 0.310 e. The van der Waals surface area contributed by atoms with Gasteiger partial charge in [0.05, 0.1) is 0 Å². The lowest BCUT2D eigenvalue weighted by molar-refractivity contribution is -0.185. The molecule has 5 heteroatoms. The van der Waals surface area contributed by atoms with Crippen LogP contribution in [0, 0.1) is 54.3 Å². The fourth-order valence-electron chi connectivity index (χ4n) is 8.86.